The third kappa shape index (κ3) is 8.48. The number of rotatable bonds is 12. The molecule has 0 aliphatic heterocycles. The van der Waals surface area contributed by atoms with Crippen molar-refractivity contribution in [2.75, 3.05) is 33.4 Å². The Balaban J connectivity index is 0.00000506. The van der Waals surface area contributed by atoms with Crippen LogP contribution in [-0.2, 0) is 4.79 Å². The molecule has 232 valence electrons. The number of hydrogen-bond acceptors (Lipinski definition) is 6. The van der Waals surface area contributed by atoms with E-state index in [4.69, 9.17) is 26.4 Å². The summed E-state index contributed by atoms with van der Waals surface area (Å²) in [6.45, 7) is 5.99. The van der Waals surface area contributed by atoms with Gasteiger partial charge in [-0.25, -0.2) is 9.78 Å². The second-order valence-corrected chi connectivity index (χ2v) is 11.6. The number of halogens is 2. The number of benzene rings is 2. The molecule has 3 aromatic rings. The van der Waals surface area contributed by atoms with Gasteiger partial charge in [0.1, 0.15) is 17.0 Å². The van der Waals surface area contributed by atoms with Crippen LogP contribution in [0.3, 0.4) is 0 Å². The van der Waals surface area contributed by atoms with Crippen LogP contribution in [0.5, 0.6) is 5.75 Å². The van der Waals surface area contributed by atoms with Crippen LogP contribution in [0.1, 0.15) is 60.1 Å². The molecule has 0 bridgehead atoms. The molecule has 3 N–H and O–H groups in total. The molecule has 1 amide bonds. The number of aliphatic hydroxyl groups excluding tert-OH is 1. The zero-order valence-electron chi connectivity index (χ0n) is 25.0. The molecule has 0 radical (unpaired) electrons. The molecule has 10 heteroatoms. The maximum atomic E-state index is 13.5. The lowest BCUT2D eigenvalue weighted by atomic mass is 9.81. The maximum absolute atomic E-state index is 13.5. The summed E-state index contributed by atoms with van der Waals surface area (Å²) < 4.78 is 6.04. The van der Waals surface area contributed by atoms with Crippen molar-refractivity contribution in [2.24, 2.45) is 0 Å². The molecular weight excluding hydrogens is 589 g/mol. The standard InChI is InChI=1S/C33H40ClN3O5.ClH/c1-22-8-10-25(23(2)20-22)26-11-13-28(31(39)36-33(32(40)41)14-5-4-6-15-33)35-30(26)24-9-12-27(34)29(21-24)42-19-7-16-37(3)17-18-38;/h8-13,20-21,38H,4-7,14-19H2,1-3H3,(H,36,39)(H,40,41);1H. The first-order valence-corrected chi connectivity index (χ1v) is 14.9. The van der Waals surface area contributed by atoms with E-state index in [1.165, 1.54) is 0 Å². The van der Waals surface area contributed by atoms with Crippen LogP contribution in [0.2, 0.25) is 5.02 Å². The van der Waals surface area contributed by atoms with E-state index in [9.17, 15) is 14.7 Å². The van der Waals surface area contributed by atoms with Gasteiger partial charge in [0.25, 0.3) is 5.91 Å². The van der Waals surface area contributed by atoms with Crippen LogP contribution in [0.25, 0.3) is 22.4 Å². The number of ether oxygens (including phenoxy) is 1. The van der Waals surface area contributed by atoms with Gasteiger partial charge >= 0.3 is 5.97 Å². The highest BCUT2D eigenvalue weighted by atomic mass is 35.5. The fourth-order valence-electron chi connectivity index (χ4n) is 5.53. The Kier molecular flexibility index (Phi) is 12.4. The van der Waals surface area contributed by atoms with Crippen LogP contribution in [0.4, 0.5) is 0 Å². The molecule has 0 unspecified atom stereocenters. The second kappa shape index (κ2) is 15.5. The van der Waals surface area contributed by atoms with E-state index in [1.807, 2.05) is 56.1 Å². The van der Waals surface area contributed by atoms with Crippen LogP contribution in [0, 0.1) is 13.8 Å². The van der Waals surface area contributed by atoms with Crippen molar-refractivity contribution in [1.29, 1.82) is 0 Å². The molecule has 0 spiro atoms. The molecule has 4 rings (SSSR count). The van der Waals surface area contributed by atoms with Crippen molar-refractivity contribution in [1.82, 2.24) is 15.2 Å². The number of nitrogens with one attached hydrogen (secondary N) is 1. The molecule has 1 aromatic heterocycles. The summed E-state index contributed by atoms with van der Waals surface area (Å²) in [7, 11) is 1.94. The van der Waals surface area contributed by atoms with Crippen molar-refractivity contribution >= 4 is 35.9 Å². The molecule has 0 atom stereocenters. The molecule has 1 saturated carbocycles. The highest BCUT2D eigenvalue weighted by Crippen LogP contribution is 2.37. The topological polar surface area (TPSA) is 112 Å². The number of aliphatic carboxylic acids is 1. The Morgan fingerprint density at radius 1 is 1.02 bits per heavy atom. The lowest BCUT2D eigenvalue weighted by Gasteiger charge is -2.33. The Bertz CT molecular complexity index is 1430. The third-order valence-corrected chi connectivity index (χ3v) is 8.21. The fraction of sp³-hybridized carbons (Fsp3) is 0.424. The van der Waals surface area contributed by atoms with Crippen molar-refractivity contribution in [3.8, 4) is 28.1 Å². The lowest BCUT2D eigenvalue weighted by molar-refractivity contribution is -0.145. The molecule has 8 nitrogen and oxygen atoms in total. The second-order valence-electron chi connectivity index (χ2n) is 11.2. The Morgan fingerprint density at radius 2 is 1.74 bits per heavy atom. The van der Waals surface area contributed by atoms with Crippen molar-refractivity contribution < 1.29 is 24.5 Å². The first-order valence-electron chi connectivity index (χ1n) is 14.5. The monoisotopic (exact) mass is 629 g/mol. The summed E-state index contributed by atoms with van der Waals surface area (Å²) in [5, 5.41) is 22.4. The number of carboxylic acids is 1. The molecule has 1 heterocycles. The minimum absolute atomic E-state index is 0. The van der Waals surface area contributed by atoms with Gasteiger partial charge in [-0.05, 0) is 75.5 Å². The minimum Gasteiger partial charge on any atom is -0.492 e. The summed E-state index contributed by atoms with van der Waals surface area (Å²) in [5.74, 6) is -1.01. The van der Waals surface area contributed by atoms with Gasteiger partial charge in [0.15, 0.2) is 0 Å². The van der Waals surface area contributed by atoms with Crippen molar-refractivity contribution in [3.05, 3.63) is 70.4 Å². The molecule has 1 fully saturated rings. The Hall–Kier alpha value is -3.17. The van der Waals surface area contributed by atoms with Crippen LogP contribution >= 0.6 is 24.0 Å². The number of carboxylic acid groups (broad SMARTS) is 1. The maximum Gasteiger partial charge on any atom is 0.329 e. The number of nitrogens with zero attached hydrogens (tertiary/aromatic N) is 2. The van der Waals surface area contributed by atoms with Crippen molar-refractivity contribution in [3.63, 3.8) is 0 Å². The predicted octanol–water partition coefficient (Wildman–Crippen LogP) is 6.32. The Labute approximate surface area is 264 Å². The number of aromatic nitrogens is 1. The van der Waals surface area contributed by atoms with E-state index in [1.54, 1.807) is 12.1 Å². The minimum atomic E-state index is -1.28. The van der Waals surface area contributed by atoms with E-state index >= 15 is 0 Å². The van der Waals surface area contributed by atoms with E-state index < -0.39 is 17.4 Å². The van der Waals surface area contributed by atoms with Gasteiger partial charge in [-0.1, -0.05) is 60.7 Å². The van der Waals surface area contributed by atoms with E-state index in [0.717, 1.165) is 60.0 Å². The summed E-state index contributed by atoms with van der Waals surface area (Å²) in [5.41, 5.74) is 4.19. The lowest BCUT2D eigenvalue weighted by Crippen LogP contribution is -2.55. The van der Waals surface area contributed by atoms with E-state index in [0.29, 0.717) is 42.5 Å². The number of carbonyl (C=O) groups is 2. The number of amides is 1. The quantitative estimate of drug-likeness (QED) is 0.201. The third-order valence-electron chi connectivity index (χ3n) is 7.90. The van der Waals surface area contributed by atoms with E-state index in [-0.39, 0.29) is 24.7 Å². The molecular formula is C33H41Cl2N3O5. The number of aryl methyl sites for hydroxylation is 2. The zero-order valence-corrected chi connectivity index (χ0v) is 26.6. The fourth-order valence-corrected chi connectivity index (χ4v) is 5.70. The molecule has 43 heavy (non-hydrogen) atoms. The number of pyridine rings is 1. The van der Waals surface area contributed by atoms with Gasteiger partial charge in [0.2, 0.25) is 0 Å². The highest BCUT2D eigenvalue weighted by molar-refractivity contribution is 6.32. The smallest absolute Gasteiger partial charge is 0.329 e. The molecule has 0 saturated heterocycles. The molecule has 1 aliphatic rings. The average molecular weight is 631 g/mol. The average Bonchev–Trinajstić information content (AvgIpc) is 2.96. The first kappa shape index (κ1) is 34.3. The van der Waals surface area contributed by atoms with E-state index in [2.05, 4.69) is 11.4 Å². The molecule has 2 aromatic carbocycles. The largest absolute Gasteiger partial charge is 0.492 e. The normalized spacial score (nSPS) is 14.2. The van der Waals surface area contributed by atoms with Crippen LogP contribution in [0.15, 0.2) is 48.5 Å². The SMILES string of the molecule is Cc1ccc(-c2ccc(C(=O)NC3(C(=O)O)CCCCC3)nc2-c2ccc(Cl)c(OCCCN(C)CCO)c2)c(C)c1.Cl. The van der Waals surface area contributed by atoms with Crippen molar-refractivity contribution in [2.45, 2.75) is 57.9 Å². The van der Waals surface area contributed by atoms with Gasteiger partial charge in [-0.2, -0.15) is 0 Å². The van der Waals surface area contributed by atoms with Gasteiger partial charge in [0.05, 0.1) is 23.9 Å². The zero-order chi connectivity index (χ0) is 30.3. The molecule has 1 aliphatic carbocycles. The first-order chi connectivity index (χ1) is 20.1. The summed E-state index contributed by atoms with van der Waals surface area (Å²) in [4.78, 5) is 32.5. The van der Waals surface area contributed by atoms with Gasteiger partial charge in [-0.15, -0.1) is 12.4 Å². The summed E-state index contributed by atoms with van der Waals surface area (Å²) in [6.07, 6.45) is 4.01. The highest BCUT2D eigenvalue weighted by Gasteiger charge is 2.41. The van der Waals surface area contributed by atoms with Gasteiger partial charge < -0.3 is 25.2 Å². The van der Waals surface area contributed by atoms with Crippen LogP contribution in [-0.4, -0.2) is 70.9 Å². The summed E-state index contributed by atoms with van der Waals surface area (Å²) in [6, 6.07) is 15.1. The Morgan fingerprint density at radius 3 is 2.42 bits per heavy atom. The number of hydrogen-bond donors (Lipinski definition) is 3. The summed E-state index contributed by atoms with van der Waals surface area (Å²) >= 11 is 6.50. The van der Waals surface area contributed by atoms with Crippen LogP contribution < -0.4 is 10.1 Å². The number of likely N-dealkylation sites (N-methyl/N-ethyl adjacent to an activating group) is 1. The number of carbonyl (C=O) groups excluding carboxylic acids is 1. The van der Waals surface area contributed by atoms with Gasteiger partial charge in [-0.3, -0.25) is 4.79 Å². The number of aliphatic hydroxyl groups is 1. The van der Waals surface area contributed by atoms with Gasteiger partial charge in [0, 0.05) is 24.2 Å². The predicted molar refractivity (Wildman–Crippen MR) is 172 cm³/mol.